The second-order valence-electron chi connectivity index (χ2n) is 9.94. The van der Waals surface area contributed by atoms with Gasteiger partial charge >= 0.3 is 5.97 Å². The number of aliphatic imine (C=N–C) groups is 1. The Hall–Kier alpha value is -3.43. The number of pyridine rings is 1. The molecule has 2 aromatic rings. The molecule has 3 aliphatic rings. The third kappa shape index (κ3) is 4.61. The van der Waals surface area contributed by atoms with Gasteiger partial charge < -0.3 is 26.0 Å². The average Bonchev–Trinajstić information content (AvgIpc) is 2.83. The number of carboxylic acids is 1. The van der Waals surface area contributed by atoms with Crippen LogP contribution in [-0.2, 0) is 13.0 Å². The molecule has 0 saturated carbocycles. The van der Waals surface area contributed by atoms with E-state index in [0.29, 0.717) is 5.96 Å². The number of guanidine groups is 1. The number of benzene rings is 1. The smallest absolute Gasteiger partial charge is 0.354 e. The van der Waals surface area contributed by atoms with Gasteiger partial charge in [0.05, 0.1) is 0 Å². The van der Waals surface area contributed by atoms with Crippen LogP contribution in [0.25, 0.3) is 11.1 Å². The number of aromatic nitrogens is 1. The molecule has 4 heterocycles. The first-order valence-electron chi connectivity index (χ1n) is 12.1. The molecule has 4 N–H and O–H groups in total. The number of nitrogens with two attached hydrogens (primary N) is 1. The minimum atomic E-state index is -1.02. The molecule has 2 unspecified atom stereocenters. The van der Waals surface area contributed by atoms with Crippen molar-refractivity contribution in [3.63, 3.8) is 0 Å². The monoisotopic (exact) mass is 475 g/mol. The minimum absolute atomic E-state index is 0.0453. The third-order valence-corrected chi connectivity index (χ3v) is 7.35. The Morgan fingerprint density at radius 2 is 1.89 bits per heavy atom. The molecule has 9 nitrogen and oxygen atoms in total. The summed E-state index contributed by atoms with van der Waals surface area (Å²) in [6.07, 6.45) is 4.76. The molecule has 1 aromatic carbocycles. The Labute approximate surface area is 205 Å². The Morgan fingerprint density at radius 3 is 2.57 bits per heavy atom. The van der Waals surface area contributed by atoms with Gasteiger partial charge in [-0.25, -0.2) is 14.8 Å². The second-order valence-corrected chi connectivity index (χ2v) is 9.94. The van der Waals surface area contributed by atoms with Crippen molar-refractivity contribution in [2.24, 2.45) is 10.7 Å². The molecule has 5 rings (SSSR count). The van der Waals surface area contributed by atoms with E-state index in [1.165, 1.54) is 11.1 Å². The predicted molar refractivity (Wildman–Crippen MR) is 136 cm³/mol. The van der Waals surface area contributed by atoms with Crippen LogP contribution in [0.4, 0.5) is 0 Å². The number of hydrogen-bond donors (Lipinski definition) is 3. The van der Waals surface area contributed by atoms with Crippen LogP contribution < -0.4 is 11.1 Å². The van der Waals surface area contributed by atoms with Crippen LogP contribution in [0, 0.1) is 0 Å². The highest BCUT2D eigenvalue weighted by atomic mass is 16.4. The van der Waals surface area contributed by atoms with Gasteiger partial charge in [0.2, 0.25) is 0 Å². The van der Waals surface area contributed by atoms with Crippen LogP contribution in [0.5, 0.6) is 0 Å². The van der Waals surface area contributed by atoms with Crippen LogP contribution >= 0.6 is 0 Å². The van der Waals surface area contributed by atoms with Gasteiger partial charge in [-0.1, -0.05) is 18.2 Å². The lowest BCUT2D eigenvalue weighted by molar-refractivity contribution is 0.0690. The summed E-state index contributed by atoms with van der Waals surface area (Å²) < 4.78 is 0. The van der Waals surface area contributed by atoms with Gasteiger partial charge in [0.1, 0.15) is 17.2 Å². The Balaban J connectivity index is 1.42. The van der Waals surface area contributed by atoms with E-state index < -0.39 is 11.6 Å². The third-order valence-electron chi connectivity index (χ3n) is 7.35. The number of fused-ring (bicyclic) bond motifs is 1. The van der Waals surface area contributed by atoms with Crippen molar-refractivity contribution in [3.8, 4) is 11.1 Å². The molecule has 0 aliphatic carbocycles. The van der Waals surface area contributed by atoms with E-state index in [2.05, 4.69) is 70.2 Å². The van der Waals surface area contributed by atoms with Gasteiger partial charge in [0, 0.05) is 50.5 Å². The number of aromatic carboxylic acids is 1. The molecule has 184 valence electrons. The highest BCUT2D eigenvalue weighted by Crippen LogP contribution is 2.35. The molecule has 35 heavy (non-hydrogen) atoms. The number of hydrogen-bond acceptors (Lipinski definition) is 8. The summed E-state index contributed by atoms with van der Waals surface area (Å²) in [5.41, 5.74) is 10.3. The summed E-state index contributed by atoms with van der Waals surface area (Å²) in [5.74, 6) is 0.454. The van der Waals surface area contributed by atoms with E-state index in [9.17, 15) is 4.79 Å². The summed E-state index contributed by atoms with van der Waals surface area (Å²) in [6, 6.07) is 10.1. The number of carbonyl (C=O) groups is 1. The number of nitrogens with one attached hydrogen (secondary N) is 1. The van der Waals surface area contributed by atoms with Crippen molar-refractivity contribution in [1.29, 1.82) is 0 Å². The molecule has 0 radical (unpaired) electrons. The first-order valence-corrected chi connectivity index (χ1v) is 12.1. The van der Waals surface area contributed by atoms with Crippen molar-refractivity contribution in [3.05, 3.63) is 65.2 Å². The topological polar surface area (TPSA) is 110 Å². The zero-order valence-corrected chi connectivity index (χ0v) is 20.5. The number of rotatable bonds is 4. The lowest BCUT2D eigenvalue weighted by Crippen LogP contribution is -2.57. The van der Waals surface area contributed by atoms with Crippen molar-refractivity contribution in [1.82, 2.24) is 25.0 Å². The van der Waals surface area contributed by atoms with E-state index in [1.807, 2.05) is 6.07 Å². The zero-order chi connectivity index (χ0) is 24.7. The van der Waals surface area contributed by atoms with Gasteiger partial charge in [-0.2, -0.15) is 0 Å². The zero-order valence-electron chi connectivity index (χ0n) is 20.5. The molecule has 1 aromatic heterocycles. The van der Waals surface area contributed by atoms with Crippen LogP contribution in [0.3, 0.4) is 0 Å². The summed E-state index contributed by atoms with van der Waals surface area (Å²) in [7, 11) is 2.15. The van der Waals surface area contributed by atoms with Crippen molar-refractivity contribution in [2.75, 3.05) is 33.2 Å². The van der Waals surface area contributed by atoms with E-state index in [4.69, 9.17) is 15.8 Å². The minimum Gasteiger partial charge on any atom is -0.477 e. The number of piperazine rings is 1. The van der Waals surface area contributed by atoms with E-state index >= 15 is 0 Å². The molecule has 2 atom stereocenters. The van der Waals surface area contributed by atoms with E-state index in [1.54, 1.807) is 12.3 Å². The molecule has 1 saturated heterocycles. The van der Waals surface area contributed by atoms with E-state index in [0.717, 1.165) is 56.1 Å². The largest absolute Gasteiger partial charge is 0.477 e. The second kappa shape index (κ2) is 8.98. The van der Waals surface area contributed by atoms with Crippen LogP contribution in [0.1, 0.15) is 35.5 Å². The highest BCUT2D eigenvalue weighted by Gasteiger charge is 2.39. The maximum atomic E-state index is 11.1. The van der Waals surface area contributed by atoms with Crippen LogP contribution in [0.15, 0.2) is 53.4 Å². The molecule has 0 spiro atoms. The van der Waals surface area contributed by atoms with E-state index in [-0.39, 0.29) is 11.7 Å². The fourth-order valence-corrected chi connectivity index (χ4v) is 5.31. The molecule has 9 heteroatoms. The molecule has 1 fully saturated rings. The summed E-state index contributed by atoms with van der Waals surface area (Å²) >= 11 is 0. The van der Waals surface area contributed by atoms with Crippen molar-refractivity contribution in [2.45, 2.75) is 38.5 Å². The van der Waals surface area contributed by atoms with Gasteiger partial charge in [-0.05, 0) is 62.2 Å². The van der Waals surface area contributed by atoms with Crippen LogP contribution in [-0.4, -0.2) is 81.7 Å². The summed E-state index contributed by atoms with van der Waals surface area (Å²) in [6.45, 7) is 9.07. The molecule has 3 aliphatic heterocycles. The van der Waals surface area contributed by atoms with Crippen molar-refractivity contribution >= 4 is 11.9 Å². The number of likely N-dealkylation sites (N-methyl/N-ethyl adjacent to an activating group) is 1. The molecular weight excluding hydrogens is 442 g/mol. The van der Waals surface area contributed by atoms with Gasteiger partial charge in [0.25, 0.3) is 0 Å². The molecule has 0 bridgehead atoms. The standard InChI is InChI=1S/C26H33N7O2/c1-17-12-18-4-5-19(20-6-7-22(24(34)35)28-15-20)13-21(18)16-33(17)26(2)14-23(29-25(27)30-26)32-10-8-31(3)9-11-32/h4-7,13-15,17H,8-12,16H2,1-3H3,(H,34,35)(H3,27,29,30). The molecular formula is C26H33N7O2. The summed E-state index contributed by atoms with van der Waals surface area (Å²) in [4.78, 5) is 27.2. The Morgan fingerprint density at radius 1 is 1.14 bits per heavy atom. The normalized spacial score (nSPS) is 25.3. The first-order chi connectivity index (χ1) is 16.7. The van der Waals surface area contributed by atoms with Crippen molar-refractivity contribution < 1.29 is 9.90 Å². The maximum absolute atomic E-state index is 11.1. The quantitative estimate of drug-likeness (QED) is 0.615. The SMILES string of the molecule is CC1Cc2ccc(-c3ccc(C(=O)O)nc3)cc2CN1C1(C)C=C(N2CCN(C)CC2)NC(N)=N1. The predicted octanol–water partition coefficient (Wildman–Crippen LogP) is 1.92. The maximum Gasteiger partial charge on any atom is 0.354 e. The number of carboxylic acid groups (broad SMARTS) is 1. The number of nitrogens with zero attached hydrogens (tertiary/aromatic N) is 5. The first kappa shape index (κ1) is 23.3. The van der Waals surface area contributed by atoms with Gasteiger partial charge in [-0.15, -0.1) is 0 Å². The van der Waals surface area contributed by atoms with Gasteiger partial charge in [-0.3, -0.25) is 4.90 Å². The van der Waals surface area contributed by atoms with Gasteiger partial charge in [0.15, 0.2) is 5.96 Å². The fraction of sp³-hybridized carbons (Fsp3) is 0.423. The lowest BCUT2D eigenvalue weighted by atomic mass is 9.89. The van der Waals surface area contributed by atoms with Crippen LogP contribution in [0.2, 0.25) is 0 Å². The molecule has 0 amide bonds. The fourth-order valence-electron chi connectivity index (χ4n) is 5.31. The average molecular weight is 476 g/mol. The lowest BCUT2D eigenvalue weighted by Gasteiger charge is -2.46. The highest BCUT2D eigenvalue weighted by molar-refractivity contribution is 5.85. The summed E-state index contributed by atoms with van der Waals surface area (Å²) in [5, 5.41) is 12.4. The Kier molecular flexibility index (Phi) is 5.98. The Bertz CT molecular complexity index is 1180.